The van der Waals surface area contributed by atoms with Crippen LogP contribution in [0.15, 0.2) is 60.7 Å². The van der Waals surface area contributed by atoms with Crippen molar-refractivity contribution in [3.8, 4) is 34.6 Å². The minimum atomic E-state index is -4.19. The molecule has 2 aromatic heterocycles. The van der Waals surface area contributed by atoms with E-state index in [4.69, 9.17) is 14.2 Å². The molecule has 2 N–H and O–H groups in total. The molecule has 0 fully saturated rings. The van der Waals surface area contributed by atoms with E-state index in [1.807, 2.05) is 0 Å². The molecule has 2 heterocycles. The van der Waals surface area contributed by atoms with Gasteiger partial charge in [0.05, 0.1) is 33.2 Å². The van der Waals surface area contributed by atoms with Crippen molar-refractivity contribution in [1.29, 1.82) is 0 Å². The van der Waals surface area contributed by atoms with Crippen LogP contribution in [0, 0.1) is 5.82 Å². The maximum atomic E-state index is 13.2. The molecular weight excluding hydrogens is 505 g/mol. The number of nitrogens with one attached hydrogen (secondary N) is 1. The van der Waals surface area contributed by atoms with Gasteiger partial charge >= 0.3 is 0 Å². The van der Waals surface area contributed by atoms with Crippen LogP contribution < -0.4 is 18.9 Å². The molecule has 37 heavy (non-hydrogen) atoms. The van der Waals surface area contributed by atoms with Gasteiger partial charge in [0.1, 0.15) is 28.7 Å². The molecule has 4 aromatic rings. The van der Waals surface area contributed by atoms with Crippen molar-refractivity contribution < 1.29 is 32.1 Å². The van der Waals surface area contributed by atoms with Crippen LogP contribution in [0.25, 0.3) is 17.2 Å². The van der Waals surface area contributed by atoms with Gasteiger partial charge in [-0.05, 0) is 35.9 Å². The molecule has 0 saturated heterocycles. The van der Waals surface area contributed by atoms with Crippen molar-refractivity contribution in [2.45, 2.75) is 6.10 Å². The van der Waals surface area contributed by atoms with E-state index in [2.05, 4.69) is 19.9 Å². The van der Waals surface area contributed by atoms with Crippen LogP contribution in [0.4, 0.5) is 10.3 Å². The quantitative estimate of drug-likeness (QED) is 0.318. The van der Waals surface area contributed by atoms with E-state index in [0.29, 0.717) is 28.8 Å². The molecule has 0 spiro atoms. The monoisotopic (exact) mass is 529 g/mol. The Labute approximate surface area is 212 Å². The Hall–Kier alpha value is -4.23. The first-order chi connectivity index (χ1) is 17.8. The van der Waals surface area contributed by atoms with Gasteiger partial charge in [-0.1, -0.05) is 24.3 Å². The molecule has 0 aliphatic rings. The third-order valence-electron chi connectivity index (χ3n) is 5.33. The van der Waals surface area contributed by atoms with E-state index < -0.39 is 27.7 Å². The third-order valence-corrected chi connectivity index (χ3v) is 6.58. The van der Waals surface area contributed by atoms with E-state index in [0.717, 1.165) is 12.1 Å². The van der Waals surface area contributed by atoms with E-state index >= 15 is 0 Å². The van der Waals surface area contributed by atoms with Crippen LogP contribution >= 0.6 is 0 Å². The van der Waals surface area contributed by atoms with E-state index in [1.165, 1.54) is 38.0 Å². The number of aliphatic hydroxyl groups excluding tert-OH is 1. The van der Waals surface area contributed by atoms with Crippen molar-refractivity contribution in [2.75, 3.05) is 31.8 Å². The van der Waals surface area contributed by atoms with Crippen molar-refractivity contribution >= 4 is 16.0 Å². The number of pyridine rings is 1. The van der Waals surface area contributed by atoms with Crippen LogP contribution in [0.2, 0.25) is 0 Å². The summed E-state index contributed by atoms with van der Waals surface area (Å²) in [6, 6.07) is 14.9. The first-order valence-electron chi connectivity index (χ1n) is 10.9. The Morgan fingerprint density at radius 3 is 2.22 bits per heavy atom. The lowest BCUT2D eigenvalue weighted by Crippen LogP contribution is -2.23. The maximum absolute atomic E-state index is 13.2. The lowest BCUT2D eigenvalue weighted by atomic mass is 10.1. The van der Waals surface area contributed by atoms with Crippen LogP contribution in [-0.2, 0) is 10.0 Å². The summed E-state index contributed by atoms with van der Waals surface area (Å²) in [5, 5.41) is 18.7. The Morgan fingerprint density at radius 2 is 1.59 bits per heavy atom. The minimum Gasteiger partial charge on any atom is -0.494 e. The molecule has 0 unspecified atom stereocenters. The van der Waals surface area contributed by atoms with E-state index in [9.17, 15) is 17.9 Å². The summed E-state index contributed by atoms with van der Waals surface area (Å²) in [6.45, 7) is 0. The smallest absolute Gasteiger partial charge is 0.243 e. The van der Waals surface area contributed by atoms with Gasteiger partial charge < -0.3 is 19.3 Å². The number of para-hydroxylation sites is 1. The molecule has 11 nitrogen and oxygen atoms in total. The maximum Gasteiger partial charge on any atom is 0.243 e. The van der Waals surface area contributed by atoms with Gasteiger partial charge in [-0.2, -0.15) is 0 Å². The molecule has 13 heteroatoms. The Balaban J connectivity index is 1.80. The SMILES string of the molecule is COc1cccc(-c2nnc(NS(=O)(=O)C[C@H](O)c3ccc(F)cc3)n2-c2c(OC)cccc2OC)n1. The van der Waals surface area contributed by atoms with E-state index in [1.54, 1.807) is 36.4 Å². The second-order valence-corrected chi connectivity index (χ2v) is 9.48. The Kier molecular flexibility index (Phi) is 7.55. The number of halogens is 1. The molecule has 0 amide bonds. The van der Waals surface area contributed by atoms with Gasteiger partial charge in [0, 0.05) is 6.07 Å². The normalized spacial score (nSPS) is 12.1. The van der Waals surface area contributed by atoms with E-state index in [-0.39, 0.29) is 17.3 Å². The van der Waals surface area contributed by atoms with Crippen molar-refractivity contribution in [3.63, 3.8) is 0 Å². The van der Waals surface area contributed by atoms with Crippen LogP contribution in [0.1, 0.15) is 11.7 Å². The number of methoxy groups -OCH3 is 3. The van der Waals surface area contributed by atoms with Gasteiger partial charge in [-0.25, -0.2) is 17.8 Å². The zero-order valence-electron chi connectivity index (χ0n) is 20.1. The fourth-order valence-corrected chi connectivity index (χ4v) is 4.70. The fourth-order valence-electron chi connectivity index (χ4n) is 3.60. The lowest BCUT2D eigenvalue weighted by molar-refractivity contribution is 0.201. The number of hydrogen-bond acceptors (Lipinski definition) is 9. The van der Waals surface area contributed by atoms with Crippen LogP contribution in [-0.4, -0.2) is 60.4 Å². The second-order valence-electron chi connectivity index (χ2n) is 7.71. The lowest BCUT2D eigenvalue weighted by Gasteiger charge is -2.18. The molecule has 0 aliphatic carbocycles. The number of benzene rings is 2. The topological polar surface area (TPSA) is 138 Å². The number of sulfonamides is 1. The first-order valence-corrected chi connectivity index (χ1v) is 12.5. The molecule has 4 rings (SSSR count). The molecule has 2 aromatic carbocycles. The van der Waals surface area contributed by atoms with Gasteiger partial charge in [0.2, 0.25) is 21.9 Å². The number of aliphatic hydroxyl groups is 1. The zero-order valence-corrected chi connectivity index (χ0v) is 20.9. The van der Waals surface area contributed by atoms with Gasteiger partial charge in [0.25, 0.3) is 0 Å². The first kappa shape index (κ1) is 25.9. The number of nitrogens with zero attached hydrogens (tertiary/aromatic N) is 4. The summed E-state index contributed by atoms with van der Waals surface area (Å²) in [5.41, 5.74) is 0.881. The molecule has 194 valence electrons. The Bertz CT molecular complexity index is 1470. The molecule has 1 atom stereocenters. The summed E-state index contributed by atoms with van der Waals surface area (Å²) < 4.78 is 59.4. The highest BCUT2D eigenvalue weighted by Crippen LogP contribution is 2.37. The highest BCUT2D eigenvalue weighted by Gasteiger charge is 2.27. The zero-order chi connectivity index (χ0) is 26.6. The highest BCUT2D eigenvalue weighted by atomic mass is 32.2. The second kappa shape index (κ2) is 10.8. The predicted octanol–water partition coefficient (Wildman–Crippen LogP) is 2.97. The fraction of sp³-hybridized carbons (Fsp3) is 0.208. The van der Waals surface area contributed by atoms with Crippen LogP contribution in [0.3, 0.4) is 0 Å². The van der Waals surface area contributed by atoms with Crippen molar-refractivity contribution in [1.82, 2.24) is 19.7 Å². The van der Waals surface area contributed by atoms with Crippen LogP contribution in [0.5, 0.6) is 17.4 Å². The minimum absolute atomic E-state index is 0.165. The van der Waals surface area contributed by atoms with Gasteiger partial charge in [0.15, 0.2) is 5.82 Å². The van der Waals surface area contributed by atoms with Crippen molar-refractivity contribution in [3.05, 3.63) is 72.0 Å². The number of anilines is 1. The summed E-state index contributed by atoms with van der Waals surface area (Å²) in [5.74, 6) is -0.267. The number of hydrogen-bond donors (Lipinski definition) is 2. The highest BCUT2D eigenvalue weighted by molar-refractivity contribution is 7.92. The molecule has 0 saturated carbocycles. The standard InChI is InChI=1S/C24H24FN5O6S/c1-34-19-7-5-8-20(35-2)22(19)30-23(17-6-4-9-21(26-17)36-3)27-28-24(30)29-37(32,33)14-18(31)15-10-12-16(25)13-11-15/h4-13,18,31H,14H2,1-3H3,(H,28,29)/t18-/m0/s1. The summed E-state index contributed by atoms with van der Waals surface area (Å²) in [6.07, 6.45) is -1.42. The molecule has 0 radical (unpaired) electrons. The summed E-state index contributed by atoms with van der Waals surface area (Å²) >= 11 is 0. The number of aromatic nitrogens is 4. The average Bonchev–Trinajstić information content (AvgIpc) is 3.30. The summed E-state index contributed by atoms with van der Waals surface area (Å²) in [7, 11) is 0.184. The summed E-state index contributed by atoms with van der Waals surface area (Å²) in [4.78, 5) is 4.39. The molecule has 0 bridgehead atoms. The van der Waals surface area contributed by atoms with Crippen molar-refractivity contribution in [2.24, 2.45) is 0 Å². The largest absolute Gasteiger partial charge is 0.494 e. The average molecular weight is 530 g/mol. The predicted molar refractivity (Wildman–Crippen MR) is 133 cm³/mol. The number of rotatable bonds is 10. The third kappa shape index (κ3) is 5.62. The molecular formula is C24H24FN5O6S. The number of ether oxygens (including phenoxy) is 3. The van der Waals surface area contributed by atoms with Gasteiger partial charge in [-0.15, -0.1) is 10.2 Å². The molecule has 0 aliphatic heterocycles. The van der Waals surface area contributed by atoms with Gasteiger partial charge in [-0.3, -0.25) is 9.29 Å². The Morgan fingerprint density at radius 1 is 0.946 bits per heavy atom.